The molecule has 0 saturated carbocycles. The summed E-state index contributed by atoms with van der Waals surface area (Å²) in [5, 5.41) is 10.4. The maximum Gasteiger partial charge on any atom is 0.278 e. The van der Waals surface area contributed by atoms with Gasteiger partial charge in [-0.25, -0.2) is 8.78 Å². The van der Waals surface area contributed by atoms with Gasteiger partial charge in [-0.05, 0) is 36.4 Å². The van der Waals surface area contributed by atoms with Gasteiger partial charge in [-0.1, -0.05) is 5.16 Å². The number of benzene rings is 2. The highest BCUT2D eigenvalue weighted by Gasteiger charge is 2.14. The van der Waals surface area contributed by atoms with Gasteiger partial charge in [-0.15, -0.1) is 0 Å². The Labute approximate surface area is 145 Å². The molecule has 0 unspecified atom stereocenters. The van der Waals surface area contributed by atoms with Crippen LogP contribution in [0, 0.1) is 11.6 Å². The number of H-pyrrole nitrogens is 1. The topological polar surface area (TPSA) is 103 Å². The number of hydrogen-bond donors (Lipinski definition) is 2. The lowest BCUT2D eigenvalue weighted by molar-refractivity contribution is 0.431. The summed E-state index contributed by atoms with van der Waals surface area (Å²) in [5.41, 5.74) is 7.27. The second-order valence-electron chi connectivity index (χ2n) is 5.33. The quantitative estimate of drug-likeness (QED) is 0.577. The minimum Gasteiger partial charge on any atom is -0.457 e. The molecule has 0 saturated heterocycles. The van der Waals surface area contributed by atoms with E-state index in [1.807, 2.05) is 0 Å². The Morgan fingerprint density at radius 1 is 1.00 bits per heavy atom. The molecule has 2 aromatic carbocycles. The van der Waals surface area contributed by atoms with Gasteiger partial charge in [-0.2, -0.15) is 10.1 Å². The van der Waals surface area contributed by atoms with Crippen LogP contribution in [0.15, 0.2) is 53.2 Å². The van der Waals surface area contributed by atoms with Gasteiger partial charge >= 0.3 is 0 Å². The Balaban J connectivity index is 1.53. The van der Waals surface area contributed by atoms with Crippen molar-refractivity contribution in [1.82, 2.24) is 20.3 Å². The van der Waals surface area contributed by atoms with Gasteiger partial charge in [0.15, 0.2) is 11.6 Å². The van der Waals surface area contributed by atoms with Gasteiger partial charge in [0.25, 0.3) is 5.89 Å². The summed E-state index contributed by atoms with van der Waals surface area (Å²) >= 11 is 0. The van der Waals surface area contributed by atoms with Gasteiger partial charge in [-0.3, -0.25) is 5.10 Å². The van der Waals surface area contributed by atoms with E-state index in [0.717, 1.165) is 12.1 Å². The Morgan fingerprint density at radius 2 is 1.77 bits per heavy atom. The Bertz CT molecular complexity index is 1060. The van der Waals surface area contributed by atoms with E-state index in [-0.39, 0.29) is 11.6 Å². The van der Waals surface area contributed by atoms with Crippen molar-refractivity contribution in [2.45, 2.75) is 0 Å². The van der Waals surface area contributed by atoms with E-state index in [4.69, 9.17) is 15.0 Å². The molecule has 26 heavy (non-hydrogen) atoms. The Kier molecular flexibility index (Phi) is 3.81. The molecular formula is C17H11F2N5O2. The van der Waals surface area contributed by atoms with Gasteiger partial charge in [0, 0.05) is 11.6 Å². The molecule has 2 aromatic heterocycles. The molecule has 2 heterocycles. The van der Waals surface area contributed by atoms with Crippen LogP contribution in [0.2, 0.25) is 0 Å². The summed E-state index contributed by atoms with van der Waals surface area (Å²) in [4.78, 5) is 4.26. The summed E-state index contributed by atoms with van der Waals surface area (Å²) in [7, 11) is 0. The van der Waals surface area contributed by atoms with Crippen LogP contribution in [-0.2, 0) is 0 Å². The number of nitrogens with one attached hydrogen (secondary N) is 1. The first kappa shape index (κ1) is 15.8. The van der Waals surface area contributed by atoms with E-state index < -0.39 is 11.6 Å². The van der Waals surface area contributed by atoms with E-state index >= 15 is 0 Å². The van der Waals surface area contributed by atoms with E-state index in [1.165, 1.54) is 12.3 Å². The zero-order chi connectivity index (χ0) is 18.1. The molecule has 4 rings (SSSR count). The Hall–Kier alpha value is -3.75. The maximum absolute atomic E-state index is 13.2. The number of aromatic nitrogens is 4. The number of hydrogen-bond acceptors (Lipinski definition) is 6. The molecule has 0 atom stereocenters. The number of rotatable bonds is 4. The predicted octanol–water partition coefficient (Wildman–Crippen LogP) is 3.78. The molecule has 0 fully saturated rings. The third-order valence-corrected chi connectivity index (χ3v) is 3.55. The van der Waals surface area contributed by atoms with Crippen LogP contribution in [-0.4, -0.2) is 20.3 Å². The minimum atomic E-state index is -0.975. The van der Waals surface area contributed by atoms with Crippen molar-refractivity contribution in [3.8, 4) is 34.5 Å². The summed E-state index contributed by atoms with van der Waals surface area (Å²) < 4.78 is 36.8. The van der Waals surface area contributed by atoms with Gasteiger partial charge < -0.3 is 15.0 Å². The number of ether oxygens (including phenoxy) is 1. The van der Waals surface area contributed by atoms with Crippen LogP contribution in [0.4, 0.5) is 14.5 Å². The largest absolute Gasteiger partial charge is 0.457 e. The number of halogens is 2. The molecule has 0 radical (unpaired) electrons. The van der Waals surface area contributed by atoms with Gasteiger partial charge in [0.05, 0.1) is 11.9 Å². The van der Waals surface area contributed by atoms with Crippen molar-refractivity contribution < 1.29 is 18.0 Å². The number of aromatic amines is 1. The van der Waals surface area contributed by atoms with E-state index in [0.29, 0.717) is 28.5 Å². The van der Waals surface area contributed by atoms with Crippen molar-refractivity contribution in [1.29, 1.82) is 0 Å². The summed E-state index contributed by atoms with van der Waals surface area (Å²) in [6, 6.07) is 10.0. The molecule has 0 aliphatic heterocycles. The van der Waals surface area contributed by atoms with E-state index in [9.17, 15) is 8.78 Å². The minimum absolute atomic E-state index is 0.188. The third kappa shape index (κ3) is 2.97. The molecule has 0 bridgehead atoms. The van der Waals surface area contributed by atoms with Crippen molar-refractivity contribution in [2.24, 2.45) is 0 Å². The van der Waals surface area contributed by atoms with Crippen LogP contribution < -0.4 is 10.5 Å². The number of nitrogens with zero attached hydrogens (tertiary/aromatic N) is 3. The maximum atomic E-state index is 13.2. The normalized spacial score (nSPS) is 10.8. The zero-order valence-corrected chi connectivity index (χ0v) is 13.1. The van der Waals surface area contributed by atoms with Crippen LogP contribution >= 0.6 is 0 Å². The molecule has 0 amide bonds. The zero-order valence-electron chi connectivity index (χ0n) is 13.1. The average Bonchev–Trinajstić information content (AvgIpc) is 3.28. The summed E-state index contributed by atoms with van der Waals surface area (Å²) in [6.07, 6.45) is 1.45. The van der Waals surface area contributed by atoms with Gasteiger partial charge in [0.2, 0.25) is 5.82 Å². The highest BCUT2D eigenvalue weighted by Crippen LogP contribution is 2.27. The lowest BCUT2D eigenvalue weighted by atomic mass is 10.2. The number of nitrogens with two attached hydrogens (primary N) is 1. The number of anilines is 1. The Morgan fingerprint density at radius 3 is 2.46 bits per heavy atom. The molecule has 0 aliphatic rings. The van der Waals surface area contributed by atoms with Crippen molar-refractivity contribution in [3.05, 3.63) is 60.3 Å². The second-order valence-corrected chi connectivity index (χ2v) is 5.33. The van der Waals surface area contributed by atoms with Crippen LogP contribution in [0.25, 0.3) is 23.0 Å². The van der Waals surface area contributed by atoms with E-state index in [2.05, 4.69) is 20.3 Å². The molecule has 3 N–H and O–H groups in total. The summed E-state index contributed by atoms with van der Waals surface area (Å²) in [6.45, 7) is 0. The first-order valence-electron chi connectivity index (χ1n) is 7.46. The lowest BCUT2D eigenvalue weighted by Crippen LogP contribution is -1.89. The van der Waals surface area contributed by atoms with Crippen molar-refractivity contribution in [2.75, 3.05) is 5.73 Å². The smallest absolute Gasteiger partial charge is 0.278 e. The molecule has 4 aromatic rings. The van der Waals surface area contributed by atoms with Crippen molar-refractivity contribution >= 4 is 5.69 Å². The fraction of sp³-hybridized carbons (Fsp3) is 0. The molecule has 130 valence electrons. The monoisotopic (exact) mass is 355 g/mol. The SMILES string of the molecule is Nc1cn[nH]c1-c1nc(-c2ccc(Oc3ccc(F)c(F)c3)cc2)no1. The van der Waals surface area contributed by atoms with Crippen LogP contribution in [0.5, 0.6) is 11.5 Å². The predicted molar refractivity (Wildman–Crippen MR) is 88.2 cm³/mol. The van der Waals surface area contributed by atoms with Crippen LogP contribution in [0.3, 0.4) is 0 Å². The molecule has 0 aliphatic carbocycles. The first-order chi connectivity index (χ1) is 12.6. The molecule has 0 spiro atoms. The standard InChI is InChI=1S/C17H11F2N5O2/c18-12-6-5-11(7-13(12)19)25-10-3-1-9(2-4-10)16-22-17(26-24-16)15-14(20)8-21-23-15/h1-8H,20H2,(H,21,23). The highest BCUT2D eigenvalue weighted by molar-refractivity contribution is 5.66. The van der Waals surface area contributed by atoms with Crippen LogP contribution in [0.1, 0.15) is 0 Å². The lowest BCUT2D eigenvalue weighted by Gasteiger charge is -2.06. The highest BCUT2D eigenvalue weighted by atomic mass is 19.2. The molecule has 9 heteroatoms. The fourth-order valence-corrected chi connectivity index (χ4v) is 2.26. The molecular weight excluding hydrogens is 344 g/mol. The van der Waals surface area contributed by atoms with Gasteiger partial charge in [0.1, 0.15) is 17.2 Å². The third-order valence-electron chi connectivity index (χ3n) is 3.55. The fourth-order valence-electron chi connectivity index (χ4n) is 2.26. The first-order valence-corrected chi connectivity index (χ1v) is 7.46. The van der Waals surface area contributed by atoms with E-state index in [1.54, 1.807) is 24.3 Å². The number of nitrogen functional groups attached to an aromatic ring is 1. The average molecular weight is 355 g/mol. The second kappa shape index (κ2) is 6.28. The summed E-state index contributed by atoms with van der Waals surface area (Å²) in [5.74, 6) is -0.699. The van der Waals surface area contributed by atoms with Crippen molar-refractivity contribution in [3.63, 3.8) is 0 Å². The molecule has 7 nitrogen and oxygen atoms in total.